The first-order valence-corrected chi connectivity index (χ1v) is 11.2. The molecular weight excluding hydrogens is 443 g/mol. The van der Waals surface area contributed by atoms with Crippen molar-refractivity contribution in [3.63, 3.8) is 0 Å². The molecule has 0 aliphatic rings. The fourth-order valence-corrected chi connectivity index (χ4v) is 4.09. The molecule has 2 N–H and O–H groups in total. The molecule has 0 aromatic heterocycles. The summed E-state index contributed by atoms with van der Waals surface area (Å²) in [5.41, 5.74) is 1.05. The highest BCUT2D eigenvalue weighted by Crippen LogP contribution is 2.30. The maximum Gasteiger partial charge on any atom is 0.258 e. The van der Waals surface area contributed by atoms with Crippen LogP contribution >= 0.6 is 11.8 Å². The van der Waals surface area contributed by atoms with Crippen molar-refractivity contribution in [2.75, 3.05) is 24.9 Å². The summed E-state index contributed by atoms with van der Waals surface area (Å²) in [7, 11) is 3.09. The third-order valence-corrected chi connectivity index (χ3v) is 6.13. The van der Waals surface area contributed by atoms with Crippen LogP contribution in [0.1, 0.15) is 23.7 Å². The van der Waals surface area contributed by atoms with E-state index in [1.165, 1.54) is 30.0 Å². The van der Waals surface area contributed by atoms with Gasteiger partial charge in [-0.1, -0.05) is 25.1 Å². The first-order valence-electron chi connectivity index (χ1n) is 10.3. The van der Waals surface area contributed by atoms with Crippen molar-refractivity contribution in [2.45, 2.75) is 23.5 Å². The Hall–Kier alpha value is -3.52. The Bertz CT molecular complexity index is 1120. The van der Waals surface area contributed by atoms with Crippen molar-refractivity contribution in [1.82, 2.24) is 0 Å². The van der Waals surface area contributed by atoms with E-state index in [2.05, 4.69) is 10.6 Å². The number of halogens is 1. The van der Waals surface area contributed by atoms with E-state index in [1.807, 2.05) is 13.0 Å². The summed E-state index contributed by atoms with van der Waals surface area (Å²) in [5.74, 6) is -0.143. The van der Waals surface area contributed by atoms with Crippen LogP contribution in [0.25, 0.3) is 0 Å². The molecular formula is C25H25FN2O4S. The number of amides is 2. The van der Waals surface area contributed by atoms with E-state index in [0.29, 0.717) is 29.3 Å². The zero-order valence-electron chi connectivity index (χ0n) is 18.6. The molecule has 0 aliphatic heterocycles. The lowest BCUT2D eigenvalue weighted by Crippen LogP contribution is -2.24. The molecule has 3 aromatic rings. The lowest BCUT2D eigenvalue weighted by molar-refractivity contribution is -0.115. The second kappa shape index (κ2) is 11.4. The molecule has 172 valence electrons. The van der Waals surface area contributed by atoms with Crippen molar-refractivity contribution in [3.8, 4) is 11.5 Å². The molecule has 1 atom stereocenters. The monoisotopic (exact) mass is 468 g/mol. The van der Waals surface area contributed by atoms with Gasteiger partial charge >= 0.3 is 0 Å². The molecule has 0 bridgehead atoms. The van der Waals surface area contributed by atoms with Crippen LogP contribution in [-0.4, -0.2) is 31.3 Å². The molecule has 2 amide bonds. The first kappa shape index (κ1) is 24.1. The fourth-order valence-electron chi connectivity index (χ4n) is 3.08. The number of carbonyl (C=O) groups excluding carboxylic acids is 2. The number of anilines is 2. The molecule has 3 aromatic carbocycles. The number of hydrogen-bond acceptors (Lipinski definition) is 5. The Kier molecular flexibility index (Phi) is 8.32. The van der Waals surface area contributed by atoms with Gasteiger partial charge in [-0.05, 0) is 36.8 Å². The van der Waals surface area contributed by atoms with Gasteiger partial charge in [0, 0.05) is 34.5 Å². The van der Waals surface area contributed by atoms with Gasteiger partial charge in [-0.15, -0.1) is 11.8 Å². The molecule has 33 heavy (non-hydrogen) atoms. The number of hydrogen-bond donors (Lipinski definition) is 2. The van der Waals surface area contributed by atoms with Gasteiger partial charge in [-0.3, -0.25) is 9.59 Å². The number of methoxy groups -OCH3 is 2. The van der Waals surface area contributed by atoms with Crippen LogP contribution in [0.5, 0.6) is 11.5 Å². The van der Waals surface area contributed by atoms with E-state index < -0.39 is 11.7 Å². The molecule has 0 heterocycles. The van der Waals surface area contributed by atoms with Gasteiger partial charge in [0.25, 0.3) is 5.91 Å². The number of ether oxygens (including phenoxy) is 2. The normalized spacial score (nSPS) is 11.4. The summed E-state index contributed by atoms with van der Waals surface area (Å²) in [6.07, 6.45) is 0.587. The summed E-state index contributed by atoms with van der Waals surface area (Å²) in [6, 6.07) is 18.1. The van der Waals surface area contributed by atoms with E-state index in [-0.39, 0.29) is 16.7 Å². The van der Waals surface area contributed by atoms with Crippen molar-refractivity contribution >= 4 is 35.0 Å². The van der Waals surface area contributed by atoms with Crippen LogP contribution in [0.4, 0.5) is 15.8 Å². The van der Waals surface area contributed by atoms with Crippen LogP contribution in [0, 0.1) is 5.82 Å². The molecule has 0 fully saturated rings. The van der Waals surface area contributed by atoms with E-state index in [0.717, 1.165) is 4.90 Å². The predicted molar refractivity (Wildman–Crippen MR) is 129 cm³/mol. The third-order valence-electron chi connectivity index (χ3n) is 4.77. The van der Waals surface area contributed by atoms with E-state index >= 15 is 0 Å². The minimum Gasteiger partial charge on any atom is -0.497 e. The average molecular weight is 469 g/mol. The third kappa shape index (κ3) is 6.49. The minimum atomic E-state index is -0.586. The van der Waals surface area contributed by atoms with Crippen molar-refractivity contribution in [2.24, 2.45) is 0 Å². The molecule has 8 heteroatoms. The zero-order chi connectivity index (χ0) is 23.8. The molecule has 0 radical (unpaired) electrons. The highest BCUT2D eigenvalue weighted by molar-refractivity contribution is 8.00. The lowest BCUT2D eigenvalue weighted by Gasteiger charge is -2.16. The zero-order valence-corrected chi connectivity index (χ0v) is 19.4. The van der Waals surface area contributed by atoms with Crippen LogP contribution in [0.2, 0.25) is 0 Å². The highest BCUT2D eigenvalue weighted by Gasteiger charge is 2.19. The highest BCUT2D eigenvalue weighted by atomic mass is 32.2. The number of thioether (sulfide) groups is 1. The van der Waals surface area contributed by atoms with Crippen LogP contribution in [0.15, 0.2) is 71.6 Å². The molecule has 0 saturated carbocycles. The topological polar surface area (TPSA) is 76.7 Å². The number of carbonyl (C=O) groups is 2. The summed E-state index contributed by atoms with van der Waals surface area (Å²) < 4.78 is 24.4. The largest absolute Gasteiger partial charge is 0.497 e. The van der Waals surface area contributed by atoms with Crippen LogP contribution in [0.3, 0.4) is 0 Å². The maximum absolute atomic E-state index is 13.9. The molecule has 6 nitrogen and oxygen atoms in total. The van der Waals surface area contributed by atoms with Crippen molar-refractivity contribution in [3.05, 3.63) is 78.1 Å². The Morgan fingerprint density at radius 2 is 1.61 bits per heavy atom. The van der Waals surface area contributed by atoms with Gasteiger partial charge < -0.3 is 20.1 Å². The van der Waals surface area contributed by atoms with Gasteiger partial charge in [0.15, 0.2) is 0 Å². The van der Waals surface area contributed by atoms with Gasteiger partial charge in [-0.2, -0.15) is 0 Å². The smallest absolute Gasteiger partial charge is 0.258 e. The SMILES string of the molecule is CCC(Sc1cccc(NC(=O)c2ccccc2F)c1)C(=O)Nc1cc(OC)cc(OC)c1. The van der Waals surface area contributed by atoms with Crippen molar-refractivity contribution in [1.29, 1.82) is 0 Å². The summed E-state index contributed by atoms with van der Waals surface area (Å²) in [6.45, 7) is 1.92. The van der Waals surface area contributed by atoms with Crippen LogP contribution in [-0.2, 0) is 4.79 Å². The maximum atomic E-state index is 13.9. The van der Waals surface area contributed by atoms with Crippen molar-refractivity contribution < 1.29 is 23.5 Å². The van der Waals surface area contributed by atoms with Gasteiger partial charge in [-0.25, -0.2) is 4.39 Å². The van der Waals surface area contributed by atoms with Gasteiger partial charge in [0.1, 0.15) is 17.3 Å². The Labute approximate surface area is 196 Å². The fraction of sp³-hybridized carbons (Fsp3) is 0.200. The Morgan fingerprint density at radius 3 is 2.24 bits per heavy atom. The lowest BCUT2D eigenvalue weighted by atomic mass is 10.2. The molecule has 0 aliphatic carbocycles. The van der Waals surface area contributed by atoms with E-state index in [1.54, 1.807) is 56.7 Å². The standard InChI is InChI=1S/C25H25FN2O4S/c1-4-23(25(30)28-17-12-18(31-2)15-19(13-17)32-3)33-20-9-7-8-16(14-20)27-24(29)21-10-5-6-11-22(21)26/h5-15,23H,4H2,1-3H3,(H,27,29)(H,28,30). The molecule has 0 saturated heterocycles. The second-order valence-corrected chi connectivity index (χ2v) is 8.34. The molecule has 1 unspecified atom stereocenters. The quantitative estimate of drug-likeness (QED) is 0.400. The molecule has 0 spiro atoms. The number of benzene rings is 3. The predicted octanol–water partition coefficient (Wildman–Crippen LogP) is 5.60. The Balaban J connectivity index is 1.69. The Morgan fingerprint density at radius 1 is 0.909 bits per heavy atom. The van der Waals surface area contributed by atoms with E-state index in [4.69, 9.17) is 9.47 Å². The van der Waals surface area contributed by atoms with E-state index in [9.17, 15) is 14.0 Å². The first-order chi connectivity index (χ1) is 15.9. The summed E-state index contributed by atoms with van der Waals surface area (Å²) in [4.78, 5) is 26.1. The summed E-state index contributed by atoms with van der Waals surface area (Å²) >= 11 is 1.38. The second-order valence-electron chi connectivity index (χ2n) is 7.07. The van der Waals surface area contributed by atoms with Crippen LogP contribution < -0.4 is 20.1 Å². The van der Waals surface area contributed by atoms with Gasteiger partial charge in [0.2, 0.25) is 5.91 Å². The molecule has 3 rings (SSSR count). The van der Waals surface area contributed by atoms with Gasteiger partial charge in [0.05, 0.1) is 25.0 Å². The number of rotatable bonds is 9. The minimum absolute atomic E-state index is 0.0323. The summed E-state index contributed by atoms with van der Waals surface area (Å²) in [5, 5.41) is 5.24. The number of nitrogens with one attached hydrogen (secondary N) is 2. The average Bonchev–Trinajstić information content (AvgIpc) is 2.82.